The second-order valence-corrected chi connectivity index (χ2v) is 5.58. The van der Waals surface area contributed by atoms with Crippen molar-refractivity contribution >= 4 is 28.8 Å². The second-order valence-electron chi connectivity index (χ2n) is 5.14. The van der Waals surface area contributed by atoms with Gasteiger partial charge in [-0.1, -0.05) is 11.6 Å². The van der Waals surface area contributed by atoms with E-state index >= 15 is 0 Å². The van der Waals surface area contributed by atoms with Crippen LogP contribution in [0.15, 0.2) is 36.5 Å². The molecule has 1 N–H and O–H groups in total. The lowest BCUT2D eigenvalue weighted by Gasteiger charge is -2.12. The third-order valence-electron chi connectivity index (χ3n) is 3.63. The molecule has 0 unspecified atom stereocenters. The number of hydrogen-bond acceptors (Lipinski definition) is 4. The van der Waals surface area contributed by atoms with E-state index in [4.69, 9.17) is 21.1 Å². The Hall–Kier alpha value is -2.73. The molecule has 3 rings (SSSR count). The Morgan fingerprint density at radius 3 is 2.71 bits per heavy atom. The number of carbonyl (C=O) groups excluding carboxylic acids is 1. The SMILES string of the molecule is COc1ccc(OC)c(NC(=O)c2c(C)nc3cc(Cl)ccn23)c1. The van der Waals surface area contributed by atoms with E-state index in [-0.39, 0.29) is 5.91 Å². The molecule has 24 heavy (non-hydrogen) atoms. The summed E-state index contributed by atoms with van der Waals surface area (Å²) in [6.07, 6.45) is 1.72. The van der Waals surface area contributed by atoms with E-state index in [0.717, 1.165) is 0 Å². The van der Waals surface area contributed by atoms with Gasteiger partial charge in [-0.25, -0.2) is 4.98 Å². The number of rotatable bonds is 4. The van der Waals surface area contributed by atoms with E-state index in [1.807, 2.05) is 0 Å². The van der Waals surface area contributed by atoms with Crippen molar-refractivity contribution in [3.63, 3.8) is 0 Å². The number of nitrogens with zero attached hydrogens (tertiary/aromatic N) is 2. The van der Waals surface area contributed by atoms with Gasteiger partial charge in [0.05, 0.1) is 25.6 Å². The van der Waals surface area contributed by atoms with E-state index < -0.39 is 0 Å². The number of pyridine rings is 1. The summed E-state index contributed by atoms with van der Waals surface area (Å²) in [6.45, 7) is 1.78. The first-order valence-electron chi connectivity index (χ1n) is 7.21. The van der Waals surface area contributed by atoms with Gasteiger partial charge >= 0.3 is 0 Å². The fraction of sp³-hybridized carbons (Fsp3) is 0.176. The average Bonchev–Trinajstić information content (AvgIpc) is 2.89. The maximum Gasteiger partial charge on any atom is 0.274 e. The van der Waals surface area contributed by atoms with Gasteiger partial charge < -0.3 is 14.8 Å². The van der Waals surface area contributed by atoms with Crippen LogP contribution in [-0.4, -0.2) is 29.5 Å². The predicted octanol–water partition coefficient (Wildman–Crippen LogP) is 3.57. The van der Waals surface area contributed by atoms with Gasteiger partial charge in [-0.15, -0.1) is 0 Å². The number of benzene rings is 1. The third-order valence-corrected chi connectivity index (χ3v) is 3.87. The molecule has 0 spiro atoms. The number of nitrogens with one attached hydrogen (secondary N) is 1. The molecule has 0 aliphatic heterocycles. The van der Waals surface area contributed by atoms with Crippen molar-refractivity contribution in [1.29, 1.82) is 0 Å². The molecule has 0 aliphatic rings. The number of aromatic nitrogens is 2. The summed E-state index contributed by atoms with van der Waals surface area (Å²) in [7, 11) is 3.10. The van der Waals surface area contributed by atoms with Crippen molar-refractivity contribution in [2.45, 2.75) is 6.92 Å². The third kappa shape index (κ3) is 2.88. The van der Waals surface area contributed by atoms with Crippen LogP contribution in [0.25, 0.3) is 5.65 Å². The second kappa shape index (κ2) is 6.41. The fourth-order valence-corrected chi connectivity index (χ4v) is 2.66. The highest BCUT2D eigenvalue weighted by Crippen LogP contribution is 2.29. The topological polar surface area (TPSA) is 64.9 Å². The largest absolute Gasteiger partial charge is 0.497 e. The standard InChI is InChI=1S/C17H16ClN3O3/c1-10-16(21-7-6-11(18)8-15(21)19-10)17(22)20-13-9-12(23-2)4-5-14(13)24-3/h4-9H,1-3H3,(H,20,22). The molecule has 124 valence electrons. The molecule has 1 aromatic carbocycles. The number of methoxy groups -OCH3 is 2. The van der Waals surface area contributed by atoms with Crippen molar-refractivity contribution < 1.29 is 14.3 Å². The van der Waals surface area contributed by atoms with Crippen molar-refractivity contribution in [1.82, 2.24) is 9.38 Å². The van der Waals surface area contributed by atoms with Gasteiger partial charge in [0.2, 0.25) is 0 Å². The maximum atomic E-state index is 12.8. The quantitative estimate of drug-likeness (QED) is 0.785. The number of amides is 1. The highest BCUT2D eigenvalue weighted by atomic mass is 35.5. The number of imidazole rings is 1. The zero-order valence-electron chi connectivity index (χ0n) is 13.5. The number of anilines is 1. The first kappa shape index (κ1) is 16.1. The lowest BCUT2D eigenvalue weighted by Crippen LogP contribution is -2.16. The predicted molar refractivity (Wildman–Crippen MR) is 92.4 cm³/mol. The van der Waals surface area contributed by atoms with Crippen LogP contribution in [0.4, 0.5) is 5.69 Å². The first-order valence-corrected chi connectivity index (χ1v) is 7.59. The fourth-order valence-electron chi connectivity index (χ4n) is 2.50. The molecule has 0 saturated carbocycles. The molecule has 1 amide bonds. The van der Waals surface area contributed by atoms with Crippen molar-refractivity contribution in [3.8, 4) is 11.5 Å². The van der Waals surface area contributed by atoms with Crippen molar-refractivity contribution in [3.05, 3.63) is 52.9 Å². The average molecular weight is 346 g/mol. The summed E-state index contributed by atoms with van der Waals surface area (Å²) in [6, 6.07) is 8.60. The molecule has 0 radical (unpaired) electrons. The van der Waals surface area contributed by atoms with Crippen molar-refractivity contribution in [2.24, 2.45) is 0 Å². The van der Waals surface area contributed by atoms with Gasteiger partial charge in [0.25, 0.3) is 5.91 Å². The summed E-state index contributed by atoms with van der Waals surface area (Å²) >= 11 is 5.98. The lowest BCUT2D eigenvalue weighted by atomic mass is 10.2. The number of carbonyl (C=O) groups is 1. The Labute approximate surface area is 144 Å². The highest BCUT2D eigenvalue weighted by Gasteiger charge is 2.18. The Morgan fingerprint density at radius 1 is 1.21 bits per heavy atom. The normalized spacial score (nSPS) is 10.7. The summed E-state index contributed by atoms with van der Waals surface area (Å²) in [4.78, 5) is 17.1. The van der Waals surface area contributed by atoms with Crippen molar-refractivity contribution in [2.75, 3.05) is 19.5 Å². The highest BCUT2D eigenvalue weighted by molar-refractivity contribution is 6.30. The van der Waals surface area contributed by atoms with Crippen LogP contribution in [0, 0.1) is 6.92 Å². The molecule has 7 heteroatoms. The van der Waals surface area contributed by atoms with E-state index in [1.54, 1.807) is 62.1 Å². The number of halogens is 1. The van der Waals surface area contributed by atoms with E-state index in [2.05, 4.69) is 10.3 Å². The minimum Gasteiger partial charge on any atom is -0.497 e. The Morgan fingerprint density at radius 2 is 2.00 bits per heavy atom. The zero-order valence-corrected chi connectivity index (χ0v) is 14.2. The van der Waals surface area contributed by atoms with Crippen LogP contribution >= 0.6 is 11.6 Å². The molecule has 2 aromatic heterocycles. The molecule has 6 nitrogen and oxygen atoms in total. The molecule has 0 saturated heterocycles. The maximum absolute atomic E-state index is 12.8. The molecule has 0 aliphatic carbocycles. The Kier molecular flexibility index (Phi) is 4.31. The van der Waals surface area contributed by atoms with E-state index in [1.165, 1.54) is 0 Å². The minimum absolute atomic E-state index is 0.297. The van der Waals surface area contributed by atoms with E-state index in [9.17, 15) is 4.79 Å². The van der Waals surface area contributed by atoms with Crippen LogP contribution in [0.5, 0.6) is 11.5 Å². The van der Waals surface area contributed by atoms with Gasteiger partial charge in [0.1, 0.15) is 22.8 Å². The van der Waals surface area contributed by atoms with Gasteiger partial charge in [0, 0.05) is 23.4 Å². The van der Waals surface area contributed by atoms with Crippen LogP contribution in [0.1, 0.15) is 16.2 Å². The summed E-state index contributed by atoms with van der Waals surface area (Å²) in [5, 5.41) is 3.41. The molecule has 2 heterocycles. The summed E-state index contributed by atoms with van der Waals surface area (Å²) < 4.78 is 12.2. The van der Waals surface area contributed by atoms with Gasteiger partial charge in [-0.3, -0.25) is 9.20 Å². The Balaban J connectivity index is 2.00. The molecular weight excluding hydrogens is 330 g/mol. The molecule has 0 bridgehead atoms. The van der Waals surface area contributed by atoms with Gasteiger partial charge in [0.15, 0.2) is 0 Å². The van der Waals surface area contributed by atoms with Crippen LogP contribution in [-0.2, 0) is 0 Å². The lowest BCUT2D eigenvalue weighted by molar-refractivity contribution is 0.102. The summed E-state index contributed by atoms with van der Waals surface area (Å²) in [5.41, 5.74) is 2.18. The number of fused-ring (bicyclic) bond motifs is 1. The number of hydrogen-bond donors (Lipinski definition) is 1. The molecular formula is C17H16ClN3O3. The Bertz CT molecular complexity index is 921. The van der Waals surface area contributed by atoms with Gasteiger partial charge in [-0.05, 0) is 25.1 Å². The first-order chi connectivity index (χ1) is 11.5. The monoisotopic (exact) mass is 345 g/mol. The van der Waals surface area contributed by atoms with Crippen LogP contribution in [0.3, 0.4) is 0 Å². The smallest absolute Gasteiger partial charge is 0.274 e. The van der Waals surface area contributed by atoms with Crippen LogP contribution in [0.2, 0.25) is 5.02 Å². The van der Waals surface area contributed by atoms with E-state index in [0.29, 0.717) is 39.2 Å². The zero-order chi connectivity index (χ0) is 17.3. The number of aryl methyl sites for hydroxylation is 1. The van der Waals surface area contributed by atoms with Gasteiger partial charge in [-0.2, -0.15) is 0 Å². The minimum atomic E-state index is -0.297. The summed E-state index contributed by atoms with van der Waals surface area (Å²) in [5.74, 6) is 0.861. The number of ether oxygens (including phenoxy) is 2. The molecule has 0 atom stereocenters. The molecule has 3 aromatic rings. The molecule has 0 fully saturated rings. The van der Waals surface area contributed by atoms with Crippen LogP contribution < -0.4 is 14.8 Å².